The predicted octanol–water partition coefficient (Wildman–Crippen LogP) is 1.10. The molecule has 7 nitrogen and oxygen atoms in total. The van der Waals surface area contributed by atoms with Gasteiger partial charge in [-0.25, -0.2) is 0 Å². The second-order valence-corrected chi connectivity index (χ2v) is 4.84. The highest BCUT2D eigenvalue weighted by molar-refractivity contribution is 5.97. The van der Waals surface area contributed by atoms with Crippen molar-refractivity contribution in [1.82, 2.24) is 5.32 Å². The molecule has 1 saturated carbocycles. The van der Waals surface area contributed by atoms with E-state index in [9.17, 15) is 14.9 Å². The van der Waals surface area contributed by atoms with Crippen LogP contribution in [0.3, 0.4) is 0 Å². The number of hydrogen-bond donors (Lipinski definition) is 2. The number of carbonyl (C=O) groups is 1. The minimum atomic E-state index is -0.542. The summed E-state index contributed by atoms with van der Waals surface area (Å²) >= 11 is 0. The highest BCUT2D eigenvalue weighted by atomic mass is 16.6. The Morgan fingerprint density at radius 1 is 1.55 bits per heavy atom. The molecule has 1 aromatic rings. The van der Waals surface area contributed by atoms with Gasteiger partial charge in [0.25, 0.3) is 11.6 Å². The Morgan fingerprint density at radius 2 is 2.25 bits per heavy atom. The summed E-state index contributed by atoms with van der Waals surface area (Å²) in [5.74, 6) is 0.126. The van der Waals surface area contributed by atoms with E-state index in [1.165, 1.54) is 25.3 Å². The Morgan fingerprint density at radius 3 is 2.80 bits per heavy atom. The molecule has 1 aromatic carbocycles. The minimum Gasteiger partial charge on any atom is -0.496 e. The summed E-state index contributed by atoms with van der Waals surface area (Å²) < 4.78 is 5.02. The Balaban J connectivity index is 2.03. The van der Waals surface area contributed by atoms with Crippen molar-refractivity contribution in [3.8, 4) is 5.75 Å². The van der Waals surface area contributed by atoms with Crippen LogP contribution >= 0.6 is 0 Å². The van der Waals surface area contributed by atoms with Gasteiger partial charge in [0, 0.05) is 12.6 Å². The summed E-state index contributed by atoms with van der Waals surface area (Å²) in [5.41, 5.74) is 0.137. The van der Waals surface area contributed by atoms with Gasteiger partial charge in [0.2, 0.25) is 0 Å². The quantitative estimate of drug-likeness (QED) is 0.621. The smallest absolute Gasteiger partial charge is 0.273 e. The monoisotopic (exact) mass is 280 g/mol. The fourth-order valence-electron chi connectivity index (χ4n) is 2.18. The summed E-state index contributed by atoms with van der Waals surface area (Å²) in [6, 6.07) is 3.87. The number of nitro benzene ring substituents is 1. The van der Waals surface area contributed by atoms with Gasteiger partial charge in [0.15, 0.2) is 0 Å². The van der Waals surface area contributed by atoms with Crippen molar-refractivity contribution in [2.24, 2.45) is 5.92 Å². The number of non-ortho nitro benzene ring substituents is 1. The number of benzene rings is 1. The van der Waals surface area contributed by atoms with Gasteiger partial charge in [-0.2, -0.15) is 0 Å². The van der Waals surface area contributed by atoms with Crippen LogP contribution in [0.25, 0.3) is 0 Å². The number of rotatable bonds is 5. The molecule has 0 atom stereocenters. The molecule has 0 aromatic heterocycles. The molecule has 0 aliphatic heterocycles. The summed E-state index contributed by atoms with van der Waals surface area (Å²) in [6.45, 7) is 0.482. The van der Waals surface area contributed by atoms with Crippen LogP contribution in [-0.4, -0.2) is 35.7 Å². The molecule has 0 heterocycles. The first-order chi connectivity index (χ1) is 9.51. The molecule has 20 heavy (non-hydrogen) atoms. The predicted molar refractivity (Wildman–Crippen MR) is 70.7 cm³/mol. The van der Waals surface area contributed by atoms with Crippen molar-refractivity contribution < 1.29 is 19.6 Å². The average Bonchev–Trinajstić information content (AvgIpc) is 2.41. The van der Waals surface area contributed by atoms with Gasteiger partial charge in [-0.1, -0.05) is 0 Å². The number of aliphatic hydroxyl groups is 1. The molecule has 1 aliphatic carbocycles. The maximum Gasteiger partial charge on any atom is 0.273 e. The van der Waals surface area contributed by atoms with E-state index >= 15 is 0 Å². The molecule has 1 aliphatic rings. The summed E-state index contributed by atoms with van der Waals surface area (Å²) in [5, 5.41) is 22.6. The summed E-state index contributed by atoms with van der Waals surface area (Å²) in [4.78, 5) is 22.1. The lowest BCUT2D eigenvalue weighted by Crippen LogP contribution is -2.38. The number of ether oxygens (including phenoxy) is 1. The SMILES string of the molecule is COc1cc([N+](=O)[O-])ccc1C(=O)NCC1CC(O)C1. The molecule has 1 fully saturated rings. The van der Waals surface area contributed by atoms with Gasteiger partial charge in [-0.05, 0) is 24.8 Å². The van der Waals surface area contributed by atoms with Gasteiger partial charge >= 0.3 is 0 Å². The van der Waals surface area contributed by atoms with Crippen LogP contribution in [0.5, 0.6) is 5.75 Å². The number of nitrogens with zero attached hydrogens (tertiary/aromatic N) is 1. The molecule has 0 bridgehead atoms. The van der Waals surface area contributed by atoms with E-state index in [-0.39, 0.29) is 34.9 Å². The standard InChI is InChI=1S/C13H16N2O5/c1-20-12-6-9(15(18)19)2-3-11(12)13(17)14-7-8-4-10(16)5-8/h2-3,6,8,10,16H,4-5,7H2,1H3,(H,14,17). The normalized spacial score (nSPS) is 20.9. The Kier molecular flexibility index (Phi) is 4.19. The lowest BCUT2D eigenvalue weighted by Gasteiger charge is -2.31. The second kappa shape index (κ2) is 5.87. The lowest BCUT2D eigenvalue weighted by molar-refractivity contribution is -0.384. The molecule has 2 N–H and O–H groups in total. The number of carbonyl (C=O) groups excluding carboxylic acids is 1. The van der Waals surface area contributed by atoms with Crippen LogP contribution in [0.1, 0.15) is 23.2 Å². The first kappa shape index (κ1) is 14.3. The van der Waals surface area contributed by atoms with E-state index in [1.54, 1.807) is 0 Å². The van der Waals surface area contributed by atoms with E-state index in [2.05, 4.69) is 5.32 Å². The maximum atomic E-state index is 12.0. The van der Waals surface area contributed by atoms with Crippen molar-refractivity contribution in [3.63, 3.8) is 0 Å². The summed E-state index contributed by atoms with van der Waals surface area (Å²) in [7, 11) is 1.36. The average molecular weight is 280 g/mol. The molecule has 0 saturated heterocycles. The van der Waals surface area contributed by atoms with E-state index in [0.29, 0.717) is 19.4 Å². The van der Waals surface area contributed by atoms with Crippen LogP contribution in [0.2, 0.25) is 0 Å². The summed E-state index contributed by atoms with van der Waals surface area (Å²) in [6.07, 6.45) is 1.13. The third kappa shape index (κ3) is 3.05. The van der Waals surface area contributed by atoms with Crippen LogP contribution in [0.4, 0.5) is 5.69 Å². The van der Waals surface area contributed by atoms with Crippen molar-refractivity contribution in [2.45, 2.75) is 18.9 Å². The first-order valence-corrected chi connectivity index (χ1v) is 6.30. The van der Waals surface area contributed by atoms with Crippen molar-refractivity contribution in [3.05, 3.63) is 33.9 Å². The highest BCUT2D eigenvalue weighted by Crippen LogP contribution is 2.27. The van der Waals surface area contributed by atoms with Gasteiger partial charge in [-0.15, -0.1) is 0 Å². The zero-order chi connectivity index (χ0) is 14.7. The molecule has 0 unspecified atom stereocenters. The number of amides is 1. The Hall–Kier alpha value is -2.15. The zero-order valence-electron chi connectivity index (χ0n) is 11.0. The van der Waals surface area contributed by atoms with Gasteiger partial charge in [0.1, 0.15) is 5.75 Å². The molecular weight excluding hydrogens is 264 g/mol. The van der Waals surface area contributed by atoms with Crippen LogP contribution < -0.4 is 10.1 Å². The van der Waals surface area contributed by atoms with Gasteiger partial charge < -0.3 is 15.2 Å². The second-order valence-electron chi connectivity index (χ2n) is 4.84. The van der Waals surface area contributed by atoms with Crippen LogP contribution in [0.15, 0.2) is 18.2 Å². The van der Waals surface area contributed by atoms with Crippen molar-refractivity contribution in [1.29, 1.82) is 0 Å². The van der Waals surface area contributed by atoms with E-state index in [0.717, 1.165) is 0 Å². The highest BCUT2D eigenvalue weighted by Gasteiger charge is 2.27. The maximum absolute atomic E-state index is 12.0. The number of aliphatic hydroxyl groups excluding tert-OH is 1. The number of nitro groups is 1. The van der Waals surface area contributed by atoms with Crippen molar-refractivity contribution >= 4 is 11.6 Å². The molecule has 7 heteroatoms. The zero-order valence-corrected chi connectivity index (χ0v) is 11.0. The lowest BCUT2D eigenvalue weighted by atomic mass is 9.82. The fourth-order valence-corrected chi connectivity index (χ4v) is 2.18. The Labute approximate surface area is 115 Å². The topological polar surface area (TPSA) is 102 Å². The third-order valence-electron chi connectivity index (χ3n) is 3.40. The molecule has 0 radical (unpaired) electrons. The number of methoxy groups -OCH3 is 1. The molecule has 1 amide bonds. The van der Waals surface area contributed by atoms with Crippen molar-refractivity contribution in [2.75, 3.05) is 13.7 Å². The fraction of sp³-hybridized carbons (Fsp3) is 0.462. The first-order valence-electron chi connectivity index (χ1n) is 6.30. The largest absolute Gasteiger partial charge is 0.496 e. The third-order valence-corrected chi connectivity index (χ3v) is 3.40. The van der Waals surface area contributed by atoms with Gasteiger partial charge in [-0.3, -0.25) is 14.9 Å². The molecule has 0 spiro atoms. The van der Waals surface area contributed by atoms with E-state index in [1.807, 2.05) is 0 Å². The molecular formula is C13H16N2O5. The Bertz CT molecular complexity index is 525. The number of nitrogens with one attached hydrogen (secondary N) is 1. The van der Waals surface area contributed by atoms with Crippen LogP contribution in [0, 0.1) is 16.0 Å². The number of hydrogen-bond acceptors (Lipinski definition) is 5. The van der Waals surface area contributed by atoms with E-state index < -0.39 is 4.92 Å². The minimum absolute atomic E-state index is 0.125. The molecule has 108 valence electrons. The van der Waals surface area contributed by atoms with E-state index in [4.69, 9.17) is 9.84 Å². The van der Waals surface area contributed by atoms with Crippen LogP contribution in [-0.2, 0) is 0 Å². The van der Waals surface area contributed by atoms with Gasteiger partial charge in [0.05, 0.1) is 29.8 Å². The molecule has 2 rings (SSSR count).